The fourth-order valence-corrected chi connectivity index (χ4v) is 5.47. The van der Waals surface area contributed by atoms with E-state index in [1.54, 1.807) is 0 Å². The molecular formula is C24H33FN8O. The van der Waals surface area contributed by atoms with Gasteiger partial charge in [-0.15, -0.1) is 0 Å². The summed E-state index contributed by atoms with van der Waals surface area (Å²) >= 11 is 0. The number of rotatable bonds is 8. The second kappa shape index (κ2) is 9.81. The van der Waals surface area contributed by atoms with Crippen molar-refractivity contribution in [1.29, 1.82) is 0 Å². The molecule has 3 unspecified atom stereocenters. The summed E-state index contributed by atoms with van der Waals surface area (Å²) in [6.45, 7) is 6.45. The smallest absolute Gasteiger partial charge is 0.229 e. The highest BCUT2D eigenvalue weighted by Gasteiger charge is 2.40. The highest BCUT2D eigenvalue weighted by Crippen LogP contribution is 2.34. The molecule has 34 heavy (non-hydrogen) atoms. The van der Waals surface area contributed by atoms with Crippen molar-refractivity contribution >= 4 is 28.4 Å². The lowest BCUT2D eigenvalue weighted by atomic mass is 9.81. The summed E-state index contributed by atoms with van der Waals surface area (Å²) in [6.07, 6.45) is 5.20. The van der Waals surface area contributed by atoms with Crippen LogP contribution < -0.4 is 21.1 Å². The van der Waals surface area contributed by atoms with Crippen LogP contribution in [0.15, 0.2) is 24.4 Å². The predicted octanol–water partition coefficient (Wildman–Crippen LogP) is 2.87. The molecule has 4 N–H and O–H groups in total. The van der Waals surface area contributed by atoms with E-state index in [2.05, 4.69) is 43.1 Å². The van der Waals surface area contributed by atoms with Crippen molar-refractivity contribution in [1.82, 2.24) is 30.6 Å². The molecule has 0 bridgehead atoms. The summed E-state index contributed by atoms with van der Waals surface area (Å²) < 4.78 is 16.9. The van der Waals surface area contributed by atoms with E-state index in [0.29, 0.717) is 43.2 Å². The van der Waals surface area contributed by atoms with Crippen LogP contribution in [0.5, 0.6) is 0 Å². The highest BCUT2D eigenvalue weighted by molar-refractivity contribution is 5.85. The average molecular weight is 469 g/mol. The van der Waals surface area contributed by atoms with Crippen LogP contribution in [0.4, 0.5) is 21.8 Å². The summed E-state index contributed by atoms with van der Waals surface area (Å²) in [7, 11) is 0. The number of anilines is 3. The third-order valence-electron chi connectivity index (χ3n) is 7.18. The van der Waals surface area contributed by atoms with Gasteiger partial charge < -0.3 is 15.3 Å². The SMILES string of the molecule is CCN(c1nc(Nc2ccc3c(C)n(CCCO)nc3c2)ncc1F)C1CCCC2NNCC21. The van der Waals surface area contributed by atoms with E-state index in [-0.39, 0.29) is 12.6 Å². The van der Waals surface area contributed by atoms with Gasteiger partial charge in [-0.25, -0.2) is 9.37 Å². The fourth-order valence-electron chi connectivity index (χ4n) is 5.47. The van der Waals surface area contributed by atoms with Crippen LogP contribution in [0.2, 0.25) is 0 Å². The number of aromatic nitrogens is 4. The first-order valence-corrected chi connectivity index (χ1v) is 12.2. The lowest BCUT2D eigenvalue weighted by Gasteiger charge is -2.40. The van der Waals surface area contributed by atoms with Crippen LogP contribution in [0.25, 0.3) is 10.9 Å². The molecule has 1 aromatic carbocycles. The molecule has 1 aliphatic carbocycles. The number of aliphatic hydroxyl groups is 1. The molecule has 0 spiro atoms. The topological polar surface area (TPSA) is 103 Å². The number of nitrogens with zero attached hydrogens (tertiary/aromatic N) is 5. The predicted molar refractivity (Wildman–Crippen MR) is 131 cm³/mol. The Morgan fingerprint density at radius 1 is 1.32 bits per heavy atom. The average Bonchev–Trinajstić information content (AvgIpc) is 3.45. The number of nitrogens with one attached hydrogen (secondary N) is 3. The van der Waals surface area contributed by atoms with Gasteiger partial charge in [-0.05, 0) is 57.7 Å². The molecule has 1 aliphatic heterocycles. The summed E-state index contributed by atoms with van der Waals surface area (Å²) in [5.74, 6) is 0.733. The first-order valence-electron chi connectivity index (χ1n) is 12.2. The van der Waals surface area contributed by atoms with Gasteiger partial charge in [0.05, 0.1) is 11.7 Å². The van der Waals surface area contributed by atoms with Crippen LogP contribution in [0, 0.1) is 18.7 Å². The Morgan fingerprint density at radius 3 is 3.03 bits per heavy atom. The Labute approximate surface area is 198 Å². The van der Waals surface area contributed by atoms with Crippen LogP contribution in [-0.4, -0.2) is 56.6 Å². The first-order chi connectivity index (χ1) is 16.6. The maximum absolute atomic E-state index is 14.9. The minimum absolute atomic E-state index is 0.136. The molecule has 3 atom stereocenters. The molecule has 2 aliphatic rings. The van der Waals surface area contributed by atoms with Crippen LogP contribution in [-0.2, 0) is 6.54 Å². The van der Waals surface area contributed by atoms with E-state index in [0.717, 1.165) is 48.1 Å². The molecule has 2 aromatic heterocycles. The molecule has 0 radical (unpaired) electrons. The number of aliphatic hydroxyl groups excluding tert-OH is 1. The molecule has 10 heteroatoms. The Balaban J connectivity index is 1.39. The maximum atomic E-state index is 14.9. The van der Waals surface area contributed by atoms with Gasteiger partial charge in [-0.3, -0.25) is 15.5 Å². The van der Waals surface area contributed by atoms with E-state index in [4.69, 9.17) is 5.11 Å². The minimum atomic E-state index is -0.401. The molecular weight excluding hydrogens is 435 g/mol. The van der Waals surface area contributed by atoms with E-state index < -0.39 is 5.82 Å². The normalized spacial score (nSPS) is 22.2. The van der Waals surface area contributed by atoms with Gasteiger partial charge in [-0.2, -0.15) is 10.1 Å². The largest absolute Gasteiger partial charge is 0.396 e. The monoisotopic (exact) mass is 468 g/mol. The van der Waals surface area contributed by atoms with Crippen molar-refractivity contribution in [2.45, 2.75) is 58.2 Å². The number of halogens is 1. The first kappa shape index (κ1) is 22.9. The lowest BCUT2D eigenvalue weighted by Crippen LogP contribution is -2.49. The maximum Gasteiger partial charge on any atom is 0.229 e. The van der Waals surface area contributed by atoms with Gasteiger partial charge in [0.1, 0.15) is 0 Å². The number of fused-ring (bicyclic) bond motifs is 2. The van der Waals surface area contributed by atoms with Gasteiger partial charge in [0.25, 0.3) is 0 Å². The third kappa shape index (κ3) is 4.33. The molecule has 5 rings (SSSR count). The molecule has 9 nitrogen and oxygen atoms in total. The summed E-state index contributed by atoms with van der Waals surface area (Å²) in [6, 6.07) is 6.57. The number of hydrogen-bond donors (Lipinski definition) is 4. The van der Waals surface area contributed by atoms with Crippen molar-refractivity contribution in [3.63, 3.8) is 0 Å². The quantitative estimate of drug-likeness (QED) is 0.400. The van der Waals surface area contributed by atoms with Crippen molar-refractivity contribution < 1.29 is 9.50 Å². The van der Waals surface area contributed by atoms with Crippen molar-refractivity contribution in [3.05, 3.63) is 35.9 Å². The Kier molecular flexibility index (Phi) is 6.62. The highest BCUT2D eigenvalue weighted by atomic mass is 19.1. The van der Waals surface area contributed by atoms with E-state index in [1.165, 1.54) is 6.20 Å². The van der Waals surface area contributed by atoms with E-state index in [9.17, 15) is 4.39 Å². The zero-order chi connectivity index (χ0) is 23.7. The molecule has 1 saturated heterocycles. The molecule has 182 valence electrons. The molecule has 3 heterocycles. The molecule has 3 aromatic rings. The standard InChI is InChI=1S/C24H33FN8O/c1-3-32(22-7-4-6-20-18(22)13-27-30-20)23-19(25)14-26-24(29-23)28-16-8-9-17-15(2)33(10-5-11-34)31-21(17)12-16/h8-9,12,14,18,20,22,27,30,34H,3-7,10-11,13H2,1-2H3,(H,26,28,29). The van der Waals surface area contributed by atoms with Crippen LogP contribution in [0.1, 0.15) is 38.3 Å². The summed E-state index contributed by atoms with van der Waals surface area (Å²) in [4.78, 5) is 10.9. The Bertz CT molecular complexity index is 1150. The van der Waals surface area contributed by atoms with Gasteiger partial charge in [0, 0.05) is 61.0 Å². The third-order valence-corrected chi connectivity index (χ3v) is 7.18. The number of hydrazine groups is 1. The van der Waals surface area contributed by atoms with Crippen LogP contribution in [0.3, 0.4) is 0 Å². The number of hydrogen-bond acceptors (Lipinski definition) is 8. The molecule has 0 amide bonds. The van der Waals surface area contributed by atoms with Gasteiger partial charge >= 0.3 is 0 Å². The molecule has 1 saturated carbocycles. The second-order valence-corrected chi connectivity index (χ2v) is 9.19. The number of aryl methyl sites for hydroxylation is 2. The van der Waals surface area contributed by atoms with E-state index in [1.807, 2.05) is 29.8 Å². The zero-order valence-corrected chi connectivity index (χ0v) is 19.8. The van der Waals surface area contributed by atoms with Gasteiger partial charge in [0.15, 0.2) is 11.6 Å². The van der Waals surface area contributed by atoms with Crippen LogP contribution >= 0.6 is 0 Å². The fraction of sp³-hybridized carbons (Fsp3) is 0.542. The zero-order valence-electron chi connectivity index (χ0n) is 19.8. The Morgan fingerprint density at radius 2 is 2.21 bits per heavy atom. The Hall–Kier alpha value is -2.82. The lowest BCUT2D eigenvalue weighted by molar-refractivity contribution is 0.276. The second-order valence-electron chi connectivity index (χ2n) is 9.19. The summed E-state index contributed by atoms with van der Waals surface area (Å²) in [5, 5.41) is 18.1. The minimum Gasteiger partial charge on any atom is -0.396 e. The number of benzene rings is 1. The van der Waals surface area contributed by atoms with E-state index >= 15 is 0 Å². The van der Waals surface area contributed by atoms with Crippen molar-refractivity contribution in [2.24, 2.45) is 5.92 Å². The molecule has 2 fully saturated rings. The summed E-state index contributed by atoms with van der Waals surface area (Å²) in [5.41, 5.74) is 9.37. The van der Waals surface area contributed by atoms with Gasteiger partial charge in [-0.1, -0.05) is 0 Å². The van der Waals surface area contributed by atoms with Crippen molar-refractivity contribution in [3.8, 4) is 0 Å². The van der Waals surface area contributed by atoms with Crippen molar-refractivity contribution in [2.75, 3.05) is 29.9 Å². The van der Waals surface area contributed by atoms with Gasteiger partial charge in [0.2, 0.25) is 5.95 Å².